The molecule has 0 saturated carbocycles. The van der Waals surface area contributed by atoms with Crippen molar-refractivity contribution in [3.8, 4) is 0 Å². The summed E-state index contributed by atoms with van der Waals surface area (Å²) in [4.78, 5) is 63.6. The van der Waals surface area contributed by atoms with E-state index in [1.54, 1.807) is 0 Å². The fourth-order valence-corrected chi connectivity index (χ4v) is 7.34. The second kappa shape index (κ2) is 49.0. The molecule has 13 nitrogen and oxygen atoms in total. The minimum atomic E-state index is -1.40. The summed E-state index contributed by atoms with van der Waals surface area (Å²) in [7, 11) is 0. The van der Waals surface area contributed by atoms with Gasteiger partial charge in [-0.3, -0.25) is 24.3 Å². The maximum Gasteiger partial charge on any atom is 3.00 e. The minimum Gasteiger partial charge on any atom is -0.549 e. The standard InChI is InChI=1S/C50H91N3O10.Gd/c1-3-5-7-9-11-13-15-17-19-21-23-25-27-29-31-33-39-62-49(60)44-52(42-47(56)57)37-35-51(41-46(54)55)36-38-53(43-48(58)59)45-50(61)63-40-34-32-30-28-26-24-22-20-18-16-14-12-10-8-6-4-2;/h17-20H,3-16,21-45H2,1-2H3,(H,54,55)(H,56,57)(H,58,59);/q;+3/p-3/b19-17-,20-18-;. The second-order valence-electron chi connectivity index (χ2n) is 17.1. The van der Waals surface area contributed by atoms with Gasteiger partial charge in [-0.05, 0) is 64.2 Å². The summed E-state index contributed by atoms with van der Waals surface area (Å²) in [5.74, 6) is -5.38. The smallest absolute Gasteiger partial charge is 0.549 e. The van der Waals surface area contributed by atoms with Crippen molar-refractivity contribution >= 4 is 29.8 Å². The summed E-state index contributed by atoms with van der Waals surface area (Å²) in [6.45, 7) is 2.64. The van der Waals surface area contributed by atoms with Crippen molar-refractivity contribution in [3.63, 3.8) is 0 Å². The molecule has 0 aliphatic carbocycles. The summed E-state index contributed by atoms with van der Waals surface area (Å²) in [6.07, 6.45) is 41.8. The Labute approximate surface area is 420 Å². The number of ether oxygens (including phenoxy) is 2. The topological polar surface area (TPSA) is 183 Å². The van der Waals surface area contributed by atoms with Crippen LogP contribution < -0.4 is 15.3 Å². The Kier molecular flexibility index (Phi) is 49.0. The molecule has 0 unspecified atom stereocenters. The van der Waals surface area contributed by atoms with Gasteiger partial charge < -0.3 is 39.2 Å². The molecular weight excluding hydrogens is 960 g/mol. The molecule has 1 radical (unpaired) electrons. The van der Waals surface area contributed by atoms with Crippen molar-refractivity contribution in [2.45, 2.75) is 194 Å². The van der Waals surface area contributed by atoms with Gasteiger partial charge in [0.25, 0.3) is 0 Å². The minimum absolute atomic E-state index is 0. The van der Waals surface area contributed by atoms with Gasteiger partial charge in [-0.2, -0.15) is 0 Å². The quantitative estimate of drug-likeness (QED) is 0.0376. The molecule has 371 valence electrons. The first kappa shape index (κ1) is 64.1. The Morgan fingerprint density at radius 2 is 0.609 bits per heavy atom. The largest absolute Gasteiger partial charge is 3.00 e. The van der Waals surface area contributed by atoms with Crippen LogP contribution in [0.4, 0.5) is 0 Å². The number of allylic oxidation sites excluding steroid dienone is 4. The third-order valence-electron chi connectivity index (χ3n) is 11.1. The molecule has 0 heterocycles. The van der Waals surface area contributed by atoms with Crippen LogP contribution in [0.25, 0.3) is 0 Å². The van der Waals surface area contributed by atoms with Gasteiger partial charge in [0, 0.05) is 45.8 Å². The Morgan fingerprint density at radius 1 is 0.359 bits per heavy atom. The Morgan fingerprint density at radius 3 is 0.906 bits per heavy atom. The third-order valence-corrected chi connectivity index (χ3v) is 11.1. The normalized spacial score (nSPS) is 11.6. The first-order chi connectivity index (χ1) is 30.6. The van der Waals surface area contributed by atoms with E-state index in [1.165, 1.54) is 117 Å². The maximum atomic E-state index is 12.6. The number of unbranched alkanes of at least 4 members (excludes halogenated alkanes) is 24. The molecule has 0 aromatic rings. The van der Waals surface area contributed by atoms with Crippen molar-refractivity contribution in [2.24, 2.45) is 0 Å². The molecule has 0 fully saturated rings. The van der Waals surface area contributed by atoms with Gasteiger partial charge in [-0.25, -0.2) is 0 Å². The monoisotopic (exact) mass is 1050 g/mol. The molecule has 0 aromatic carbocycles. The van der Waals surface area contributed by atoms with E-state index >= 15 is 0 Å². The average Bonchev–Trinajstić information content (AvgIpc) is 3.23. The summed E-state index contributed by atoms with van der Waals surface area (Å²) in [5, 5.41) is 34.4. The fourth-order valence-electron chi connectivity index (χ4n) is 7.34. The van der Waals surface area contributed by atoms with E-state index in [2.05, 4.69) is 38.2 Å². The maximum absolute atomic E-state index is 12.6. The van der Waals surface area contributed by atoms with E-state index in [9.17, 15) is 39.3 Å². The van der Waals surface area contributed by atoms with E-state index in [4.69, 9.17) is 9.47 Å². The molecule has 0 N–H and O–H groups in total. The van der Waals surface area contributed by atoms with E-state index in [-0.39, 0.29) is 92.4 Å². The van der Waals surface area contributed by atoms with E-state index in [0.717, 1.165) is 64.2 Å². The van der Waals surface area contributed by atoms with Crippen LogP contribution in [0.1, 0.15) is 194 Å². The fraction of sp³-hybridized carbons (Fsp3) is 0.820. The van der Waals surface area contributed by atoms with Crippen LogP contribution >= 0.6 is 0 Å². The molecule has 64 heavy (non-hydrogen) atoms. The molecule has 0 saturated heterocycles. The zero-order valence-corrected chi connectivity index (χ0v) is 42.4. The predicted octanol–water partition coefficient (Wildman–Crippen LogP) is 6.30. The van der Waals surface area contributed by atoms with E-state index in [0.29, 0.717) is 12.8 Å². The number of aliphatic carboxylic acids is 3. The van der Waals surface area contributed by atoms with Gasteiger partial charge in [0.2, 0.25) is 0 Å². The van der Waals surface area contributed by atoms with Crippen molar-refractivity contribution in [3.05, 3.63) is 24.3 Å². The number of hydrogen-bond donors (Lipinski definition) is 0. The molecule has 0 amide bonds. The first-order valence-electron chi connectivity index (χ1n) is 24.9. The number of hydrogen-bond acceptors (Lipinski definition) is 13. The Hall–Kier alpha value is -1.97. The number of rotatable bonds is 48. The molecule has 0 bridgehead atoms. The van der Waals surface area contributed by atoms with Gasteiger partial charge in [-0.1, -0.05) is 154 Å². The number of nitrogens with zero attached hydrogens (tertiary/aromatic N) is 3. The number of carboxylic acid groups (broad SMARTS) is 3. The van der Waals surface area contributed by atoms with Crippen LogP contribution in [0.5, 0.6) is 0 Å². The van der Waals surface area contributed by atoms with E-state index < -0.39 is 49.5 Å². The molecule has 0 aromatic heterocycles. The number of carboxylic acids is 3. The van der Waals surface area contributed by atoms with Crippen molar-refractivity contribution in [1.29, 1.82) is 0 Å². The van der Waals surface area contributed by atoms with Gasteiger partial charge in [0.1, 0.15) is 0 Å². The molecule has 0 aliphatic heterocycles. The van der Waals surface area contributed by atoms with Crippen LogP contribution in [0, 0.1) is 39.9 Å². The van der Waals surface area contributed by atoms with Gasteiger partial charge >= 0.3 is 51.9 Å². The van der Waals surface area contributed by atoms with Gasteiger partial charge in [0.05, 0.1) is 44.2 Å². The third kappa shape index (κ3) is 48.0. The summed E-state index contributed by atoms with van der Waals surface area (Å²) < 4.78 is 10.7. The van der Waals surface area contributed by atoms with Crippen LogP contribution in [0.3, 0.4) is 0 Å². The summed E-state index contributed by atoms with van der Waals surface area (Å²) in [6, 6.07) is 0. The Bertz CT molecular complexity index is 1120. The van der Waals surface area contributed by atoms with Crippen molar-refractivity contribution in [2.75, 3.05) is 72.1 Å². The number of carbonyl (C=O) groups excluding carboxylic acids is 5. The second-order valence-corrected chi connectivity index (χ2v) is 17.1. The van der Waals surface area contributed by atoms with Gasteiger partial charge in [-0.15, -0.1) is 0 Å². The SMILES string of the molecule is CCCCCCCC/C=C\CCCCCCCCOC(=O)CN(CCN(CCN(CC(=O)[O-])CC(=O)OCCCCCCCC/C=C\CCCCCCCC)CC(=O)[O-])CC(=O)[O-].[Gd+3]. The van der Waals surface area contributed by atoms with Crippen molar-refractivity contribution < 1.29 is 88.7 Å². The average molecular weight is 1050 g/mol. The first-order valence-corrected chi connectivity index (χ1v) is 24.9. The molecule has 0 aliphatic rings. The molecular formula is C50H88GdN3O10. The number of carbonyl (C=O) groups is 5. The van der Waals surface area contributed by atoms with Crippen LogP contribution in [0.15, 0.2) is 24.3 Å². The Balaban J connectivity index is 0. The zero-order chi connectivity index (χ0) is 46.4. The molecule has 14 heteroatoms. The predicted molar refractivity (Wildman–Crippen MR) is 245 cm³/mol. The van der Waals surface area contributed by atoms with Gasteiger partial charge in [0.15, 0.2) is 0 Å². The van der Waals surface area contributed by atoms with Crippen LogP contribution in [0.2, 0.25) is 0 Å². The molecule has 0 spiro atoms. The van der Waals surface area contributed by atoms with E-state index in [1.807, 2.05) is 0 Å². The van der Waals surface area contributed by atoms with Crippen molar-refractivity contribution in [1.82, 2.24) is 14.7 Å². The molecule has 0 atom stereocenters. The zero-order valence-electron chi connectivity index (χ0n) is 40.2. The van der Waals surface area contributed by atoms with Crippen LogP contribution in [-0.2, 0) is 33.4 Å². The summed E-state index contributed by atoms with van der Waals surface area (Å²) in [5.41, 5.74) is 0. The van der Waals surface area contributed by atoms with Crippen LogP contribution in [-0.4, -0.2) is 117 Å². The number of esters is 2. The summed E-state index contributed by atoms with van der Waals surface area (Å²) >= 11 is 0. The molecule has 0 rings (SSSR count).